The number of carboxylic acids is 3. The van der Waals surface area contributed by atoms with Crippen LogP contribution in [0.2, 0.25) is 0 Å². The smallest absolute Gasteiger partial charge is 0.475 e. The highest BCUT2D eigenvalue weighted by molar-refractivity contribution is 5.73. The van der Waals surface area contributed by atoms with Crippen molar-refractivity contribution in [2.24, 2.45) is 5.92 Å². The minimum atomic E-state index is -5.08. The van der Waals surface area contributed by atoms with Crippen LogP contribution in [-0.2, 0) is 30.4 Å². The van der Waals surface area contributed by atoms with Crippen LogP contribution in [0, 0.1) is 5.92 Å². The highest BCUT2D eigenvalue weighted by Crippen LogP contribution is 2.34. The molecule has 11 nitrogen and oxygen atoms in total. The number of carbonyl (C=O) groups is 3. The number of hydrogen-bond donors (Lipinski definition) is 3. The third-order valence-corrected chi connectivity index (χ3v) is 6.27. The van der Waals surface area contributed by atoms with Gasteiger partial charge in [-0.25, -0.2) is 14.4 Å². The predicted molar refractivity (Wildman–Crippen MR) is 134 cm³/mol. The lowest BCUT2D eigenvalue weighted by Gasteiger charge is -2.31. The molecule has 0 saturated carbocycles. The highest BCUT2D eigenvalue weighted by atomic mass is 19.4. The minimum absolute atomic E-state index is 0.115. The molecule has 3 aliphatic heterocycles. The summed E-state index contributed by atoms with van der Waals surface area (Å²) >= 11 is 0. The number of rotatable bonds is 4. The van der Waals surface area contributed by atoms with Crippen molar-refractivity contribution >= 4 is 17.9 Å². The van der Waals surface area contributed by atoms with E-state index in [1.54, 1.807) is 0 Å². The summed E-state index contributed by atoms with van der Waals surface area (Å²) in [4.78, 5) is 36.2. The molecule has 258 valence electrons. The Morgan fingerprint density at radius 3 is 1.80 bits per heavy atom. The zero-order valence-corrected chi connectivity index (χ0v) is 23.5. The molecular formula is C25H32F9N3O8. The first kappa shape index (κ1) is 39.8. The minimum Gasteiger partial charge on any atom is -0.475 e. The van der Waals surface area contributed by atoms with Crippen LogP contribution < -0.4 is 0 Å². The highest BCUT2D eigenvalue weighted by Gasteiger charge is 2.44. The van der Waals surface area contributed by atoms with Gasteiger partial charge >= 0.3 is 36.4 Å². The first-order valence-corrected chi connectivity index (χ1v) is 13.1. The second-order valence-corrected chi connectivity index (χ2v) is 10.1. The topological polar surface area (TPSA) is 150 Å². The van der Waals surface area contributed by atoms with Gasteiger partial charge < -0.3 is 29.7 Å². The van der Waals surface area contributed by atoms with Gasteiger partial charge in [0, 0.05) is 32.4 Å². The van der Waals surface area contributed by atoms with Crippen molar-refractivity contribution in [3.05, 3.63) is 30.1 Å². The molecule has 2 atom stereocenters. The first-order valence-electron chi connectivity index (χ1n) is 13.1. The van der Waals surface area contributed by atoms with Crippen molar-refractivity contribution in [1.29, 1.82) is 0 Å². The van der Waals surface area contributed by atoms with Crippen molar-refractivity contribution in [3.63, 3.8) is 0 Å². The Hall–Kier alpha value is -3.23. The molecular weight excluding hydrogens is 641 g/mol. The van der Waals surface area contributed by atoms with E-state index in [9.17, 15) is 39.5 Å². The number of hydrogen-bond acceptors (Lipinski definition) is 8. The summed E-state index contributed by atoms with van der Waals surface area (Å²) < 4.78 is 107. The molecule has 4 heterocycles. The Labute approximate surface area is 250 Å². The average molecular weight is 674 g/mol. The molecule has 3 fully saturated rings. The molecule has 2 unspecified atom stereocenters. The van der Waals surface area contributed by atoms with E-state index in [1.807, 2.05) is 12.3 Å². The molecule has 0 aliphatic carbocycles. The van der Waals surface area contributed by atoms with E-state index in [0.29, 0.717) is 5.92 Å². The molecule has 3 N–H and O–H groups in total. The van der Waals surface area contributed by atoms with Gasteiger partial charge in [0.25, 0.3) is 0 Å². The fourth-order valence-electron chi connectivity index (χ4n) is 4.44. The Kier molecular flexibility index (Phi) is 15.4. The van der Waals surface area contributed by atoms with Gasteiger partial charge in [-0.3, -0.25) is 9.88 Å². The predicted octanol–water partition coefficient (Wildman–Crippen LogP) is 3.68. The number of ether oxygens (including phenoxy) is 2. The summed E-state index contributed by atoms with van der Waals surface area (Å²) in [6.07, 6.45) is -9.53. The van der Waals surface area contributed by atoms with Crippen LogP contribution in [0.25, 0.3) is 0 Å². The van der Waals surface area contributed by atoms with Crippen LogP contribution in [-0.4, -0.2) is 125 Å². The normalized spacial score (nSPS) is 22.6. The third-order valence-electron chi connectivity index (χ3n) is 6.27. The van der Waals surface area contributed by atoms with E-state index in [4.69, 9.17) is 39.2 Å². The lowest BCUT2D eigenvalue weighted by atomic mass is 9.94. The second kappa shape index (κ2) is 17.5. The number of pyridine rings is 1. The Bertz CT molecular complexity index is 1010. The van der Waals surface area contributed by atoms with Crippen LogP contribution in [0.1, 0.15) is 25.0 Å². The Morgan fingerprint density at radius 1 is 0.844 bits per heavy atom. The summed E-state index contributed by atoms with van der Waals surface area (Å²) in [6, 6.07) is 6.13. The van der Waals surface area contributed by atoms with Crippen LogP contribution in [0.15, 0.2) is 24.4 Å². The monoisotopic (exact) mass is 673 g/mol. The van der Waals surface area contributed by atoms with Gasteiger partial charge in [-0.2, -0.15) is 39.5 Å². The molecule has 1 spiro atoms. The van der Waals surface area contributed by atoms with Crippen LogP contribution >= 0.6 is 0 Å². The Balaban J connectivity index is 0.000000396. The van der Waals surface area contributed by atoms with E-state index in [2.05, 4.69) is 26.9 Å². The summed E-state index contributed by atoms with van der Waals surface area (Å²) in [5.74, 6) is -7.62. The van der Waals surface area contributed by atoms with Gasteiger partial charge in [0.05, 0.1) is 25.5 Å². The summed E-state index contributed by atoms with van der Waals surface area (Å²) in [7, 11) is 0. The quantitative estimate of drug-likeness (QED) is 0.402. The van der Waals surface area contributed by atoms with Crippen molar-refractivity contribution in [2.75, 3.05) is 52.5 Å². The number of alkyl halides is 9. The van der Waals surface area contributed by atoms with E-state index in [-0.39, 0.29) is 5.60 Å². The second-order valence-electron chi connectivity index (χ2n) is 10.1. The molecule has 45 heavy (non-hydrogen) atoms. The third kappa shape index (κ3) is 16.1. The average Bonchev–Trinajstić information content (AvgIpc) is 3.52. The van der Waals surface area contributed by atoms with Gasteiger partial charge in [0.2, 0.25) is 0 Å². The number of aliphatic carboxylic acids is 3. The standard InChI is InChI=1S/C19H29N3O2.3C2HF3O2/c1-2-6-20-18(5-1)13-22-9-10-23-16-19(15-22)11-17(14-24-19)12-21-7-3-4-8-21;3*3-2(4,5)1(6)7/h1-2,5-6,17H,3-4,7-16H2;3*(H,6,7). The SMILES string of the molecule is O=C(O)C(F)(F)F.O=C(O)C(F)(F)F.O=C(O)C(F)(F)F.c1ccc(CN2CCOCC3(CC(CN4CCCC4)CO3)C2)nc1. The number of halogens is 9. The molecule has 20 heteroatoms. The van der Waals surface area contributed by atoms with Crippen LogP contribution in [0.5, 0.6) is 0 Å². The summed E-state index contributed by atoms with van der Waals surface area (Å²) in [6.45, 7) is 8.94. The Morgan fingerprint density at radius 2 is 1.36 bits per heavy atom. The van der Waals surface area contributed by atoms with Crippen molar-refractivity contribution in [2.45, 2.75) is 49.9 Å². The van der Waals surface area contributed by atoms with Crippen molar-refractivity contribution in [1.82, 2.24) is 14.8 Å². The molecule has 1 aromatic heterocycles. The molecule has 3 saturated heterocycles. The van der Waals surface area contributed by atoms with E-state index in [1.165, 1.54) is 32.5 Å². The molecule has 4 rings (SSSR count). The maximum atomic E-state index is 10.6. The van der Waals surface area contributed by atoms with Gasteiger partial charge in [-0.15, -0.1) is 0 Å². The summed E-state index contributed by atoms with van der Waals surface area (Å²) in [5, 5.41) is 21.4. The van der Waals surface area contributed by atoms with E-state index in [0.717, 1.165) is 51.6 Å². The molecule has 0 amide bonds. The molecule has 0 bridgehead atoms. The maximum Gasteiger partial charge on any atom is 0.490 e. The zero-order chi connectivity index (χ0) is 34.5. The van der Waals surface area contributed by atoms with Gasteiger partial charge in [0.15, 0.2) is 0 Å². The largest absolute Gasteiger partial charge is 0.490 e. The number of carboxylic acid groups (broad SMARTS) is 3. The lowest BCUT2D eigenvalue weighted by Crippen LogP contribution is -2.44. The molecule has 0 radical (unpaired) electrons. The lowest BCUT2D eigenvalue weighted by molar-refractivity contribution is -0.193. The fourth-order valence-corrected chi connectivity index (χ4v) is 4.44. The first-order chi connectivity index (χ1) is 20.6. The maximum absolute atomic E-state index is 10.6. The van der Waals surface area contributed by atoms with Crippen molar-refractivity contribution in [3.8, 4) is 0 Å². The number of nitrogens with zero attached hydrogens (tertiary/aromatic N) is 3. The van der Waals surface area contributed by atoms with Crippen molar-refractivity contribution < 1.29 is 78.7 Å². The zero-order valence-electron chi connectivity index (χ0n) is 23.5. The molecule has 3 aliphatic rings. The van der Waals surface area contributed by atoms with Gasteiger partial charge in [-0.05, 0) is 50.4 Å². The molecule has 1 aromatic rings. The van der Waals surface area contributed by atoms with Crippen LogP contribution in [0.3, 0.4) is 0 Å². The summed E-state index contributed by atoms with van der Waals surface area (Å²) in [5.41, 5.74) is 1.01. The van der Waals surface area contributed by atoms with E-state index >= 15 is 0 Å². The number of aromatic nitrogens is 1. The molecule has 0 aromatic carbocycles. The fraction of sp³-hybridized carbons (Fsp3) is 0.680. The van der Waals surface area contributed by atoms with E-state index < -0.39 is 36.4 Å². The number of likely N-dealkylation sites (tertiary alicyclic amines) is 1. The van der Waals surface area contributed by atoms with Gasteiger partial charge in [-0.1, -0.05) is 6.07 Å². The van der Waals surface area contributed by atoms with Gasteiger partial charge in [0.1, 0.15) is 5.60 Å². The van der Waals surface area contributed by atoms with Crippen LogP contribution in [0.4, 0.5) is 39.5 Å².